The van der Waals surface area contributed by atoms with Crippen LogP contribution in [0.25, 0.3) is 0 Å². The fraction of sp³-hybridized carbons (Fsp3) is 0.364. The minimum Gasteiger partial charge on any atom is -0.465 e. The number of rotatable bonds is 3. The first-order valence-corrected chi connectivity index (χ1v) is 4.62. The van der Waals surface area contributed by atoms with Crippen molar-refractivity contribution in [3.05, 3.63) is 34.9 Å². The van der Waals surface area contributed by atoms with Crippen LogP contribution in [0.3, 0.4) is 0 Å². The van der Waals surface area contributed by atoms with Gasteiger partial charge in [-0.1, -0.05) is 18.2 Å². The van der Waals surface area contributed by atoms with Crippen molar-refractivity contribution >= 4 is 6.09 Å². The molecule has 0 unspecified atom stereocenters. The molecule has 0 aliphatic rings. The van der Waals surface area contributed by atoms with E-state index in [2.05, 4.69) is 31.3 Å². The molecule has 2 N–H and O–H groups in total. The molecule has 0 radical (unpaired) electrons. The topological polar surface area (TPSA) is 49.3 Å². The van der Waals surface area contributed by atoms with Crippen molar-refractivity contribution in [2.75, 3.05) is 6.54 Å². The van der Waals surface area contributed by atoms with Crippen LogP contribution in [-0.2, 0) is 6.42 Å². The lowest BCUT2D eigenvalue weighted by Gasteiger charge is -2.05. The maximum Gasteiger partial charge on any atom is 0.404 e. The maximum atomic E-state index is 10.2. The Kier molecular flexibility index (Phi) is 3.51. The second-order valence-electron chi connectivity index (χ2n) is 3.40. The molecule has 0 aliphatic heterocycles. The molecule has 76 valence electrons. The van der Waals surface area contributed by atoms with Gasteiger partial charge in [-0.3, -0.25) is 0 Å². The molecule has 1 aromatic carbocycles. The first kappa shape index (κ1) is 10.6. The van der Waals surface area contributed by atoms with Gasteiger partial charge in [-0.05, 0) is 37.0 Å². The van der Waals surface area contributed by atoms with Gasteiger partial charge in [-0.15, -0.1) is 0 Å². The van der Waals surface area contributed by atoms with Gasteiger partial charge in [0.25, 0.3) is 0 Å². The number of benzene rings is 1. The van der Waals surface area contributed by atoms with Gasteiger partial charge < -0.3 is 10.4 Å². The summed E-state index contributed by atoms with van der Waals surface area (Å²) in [6.07, 6.45) is -0.221. The molecule has 14 heavy (non-hydrogen) atoms. The normalized spacial score (nSPS) is 9.86. The Morgan fingerprint density at radius 3 is 2.64 bits per heavy atom. The van der Waals surface area contributed by atoms with Crippen LogP contribution in [0.4, 0.5) is 4.79 Å². The Morgan fingerprint density at radius 2 is 2.07 bits per heavy atom. The van der Waals surface area contributed by atoms with Crippen LogP contribution in [0.1, 0.15) is 16.7 Å². The Balaban J connectivity index is 2.51. The molecule has 0 saturated carbocycles. The molecule has 0 fully saturated rings. The summed E-state index contributed by atoms with van der Waals surface area (Å²) < 4.78 is 0. The number of hydrogen-bond acceptors (Lipinski definition) is 1. The number of aryl methyl sites for hydroxylation is 2. The Hall–Kier alpha value is -1.51. The monoisotopic (exact) mass is 193 g/mol. The van der Waals surface area contributed by atoms with Gasteiger partial charge in [0.15, 0.2) is 0 Å². The minimum absolute atomic E-state index is 0.470. The highest BCUT2D eigenvalue weighted by Crippen LogP contribution is 2.09. The Labute approximate surface area is 83.8 Å². The van der Waals surface area contributed by atoms with Gasteiger partial charge in [0, 0.05) is 6.54 Å². The van der Waals surface area contributed by atoms with Crippen LogP contribution in [0.2, 0.25) is 0 Å². The number of nitrogens with one attached hydrogen (secondary N) is 1. The first-order chi connectivity index (χ1) is 6.59. The van der Waals surface area contributed by atoms with E-state index in [1.807, 2.05) is 6.07 Å². The number of carboxylic acid groups (broad SMARTS) is 1. The molecule has 3 heteroatoms. The predicted octanol–water partition coefficient (Wildman–Crippen LogP) is 2.11. The highest BCUT2D eigenvalue weighted by molar-refractivity contribution is 5.64. The van der Waals surface area contributed by atoms with Crippen molar-refractivity contribution in [1.82, 2.24) is 5.32 Å². The predicted molar refractivity (Wildman–Crippen MR) is 55.6 cm³/mol. The summed E-state index contributed by atoms with van der Waals surface area (Å²) in [5.74, 6) is 0. The van der Waals surface area contributed by atoms with Gasteiger partial charge in [0.2, 0.25) is 0 Å². The summed E-state index contributed by atoms with van der Waals surface area (Å²) in [6, 6.07) is 6.19. The van der Waals surface area contributed by atoms with Gasteiger partial charge in [-0.25, -0.2) is 4.79 Å². The van der Waals surface area contributed by atoms with E-state index in [1.54, 1.807) is 0 Å². The van der Waals surface area contributed by atoms with Crippen molar-refractivity contribution in [3.63, 3.8) is 0 Å². The SMILES string of the molecule is Cc1ccc(CCNC(=O)O)cc1C. The van der Waals surface area contributed by atoms with Crippen molar-refractivity contribution in [3.8, 4) is 0 Å². The molecular weight excluding hydrogens is 178 g/mol. The third kappa shape index (κ3) is 3.09. The van der Waals surface area contributed by atoms with E-state index >= 15 is 0 Å². The van der Waals surface area contributed by atoms with E-state index < -0.39 is 6.09 Å². The minimum atomic E-state index is -0.964. The first-order valence-electron chi connectivity index (χ1n) is 4.62. The highest BCUT2D eigenvalue weighted by Gasteiger charge is 1.97. The van der Waals surface area contributed by atoms with E-state index in [0.29, 0.717) is 6.54 Å². The molecule has 1 rings (SSSR count). The zero-order chi connectivity index (χ0) is 10.6. The second kappa shape index (κ2) is 4.65. The van der Waals surface area contributed by atoms with E-state index in [1.165, 1.54) is 16.7 Å². The molecule has 0 aliphatic carbocycles. The highest BCUT2D eigenvalue weighted by atomic mass is 16.4. The molecule has 1 amide bonds. The van der Waals surface area contributed by atoms with Crippen LogP contribution >= 0.6 is 0 Å². The molecule has 0 atom stereocenters. The maximum absolute atomic E-state index is 10.2. The summed E-state index contributed by atoms with van der Waals surface area (Å²) >= 11 is 0. The molecule has 1 aromatic rings. The average molecular weight is 193 g/mol. The van der Waals surface area contributed by atoms with Crippen molar-refractivity contribution in [2.24, 2.45) is 0 Å². The number of carbonyl (C=O) groups is 1. The summed E-state index contributed by atoms with van der Waals surface area (Å²) in [4.78, 5) is 10.2. The molecule has 0 aromatic heterocycles. The molecular formula is C11H15NO2. The van der Waals surface area contributed by atoms with Crippen LogP contribution < -0.4 is 5.32 Å². The lowest BCUT2D eigenvalue weighted by atomic mass is 10.0. The third-order valence-electron chi connectivity index (χ3n) is 2.26. The summed E-state index contributed by atoms with van der Waals surface area (Å²) in [5, 5.41) is 10.7. The average Bonchev–Trinajstić information content (AvgIpc) is 2.10. The van der Waals surface area contributed by atoms with Gasteiger partial charge in [0.1, 0.15) is 0 Å². The molecule has 3 nitrogen and oxygen atoms in total. The zero-order valence-electron chi connectivity index (χ0n) is 8.50. The number of amides is 1. The summed E-state index contributed by atoms with van der Waals surface area (Å²) in [6.45, 7) is 4.59. The van der Waals surface area contributed by atoms with Crippen molar-refractivity contribution in [1.29, 1.82) is 0 Å². The van der Waals surface area contributed by atoms with Crippen molar-refractivity contribution < 1.29 is 9.90 Å². The van der Waals surface area contributed by atoms with E-state index in [9.17, 15) is 4.79 Å². The number of hydrogen-bond donors (Lipinski definition) is 2. The molecule has 0 spiro atoms. The standard InChI is InChI=1S/C11H15NO2/c1-8-3-4-10(7-9(8)2)5-6-12-11(13)14/h3-4,7,12H,5-6H2,1-2H3,(H,13,14). The fourth-order valence-electron chi connectivity index (χ4n) is 1.27. The van der Waals surface area contributed by atoms with Crippen molar-refractivity contribution in [2.45, 2.75) is 20.3 Å². The lowest BCUT2D eigenvalue weighted by Crippen LogP contribution is -2.23. The largest absolute Gasteiger partial charge is 0.465 e. The van der Waals surface area contributed by atoms with Crippen LogP contribution in [0.5, 0.6) is 0 Å². The Morgan fingerprint density at radius 1 is 1.36 bits per heavy atom. The summed E-state index contributed by atoms with van der Waals surface area (Å²) in [5.41, 5.74) is 3.68. The molecule has 0 saturated heterocycles. The van der Waals surface area contributed by atoms with Gasteiger partial charge in [0.05, 0.1) is 0 Å². The van der Waals surface area contributed by atoms with E-state index in [0.717, 1.165) is 6.42 Å². The van der Waals surface area contributed by atoms with Crippen LogP contribution in [-0.4, -0.2) is 17.7 Å². The van der Waals surface area contributed by atoms with Gasteiger partial charge in [-0.2, -0.15) is 0 Å². The zero-order valence-corrected chi connectivity index (χ0v) is 8.50. The fourth-order valence-corrected chi connectivity index (χ4v) is 1.27. The second-order valence-corrected chi connectivity index (χ2v) is 3.40. The molecule has 0 heterocycles. The molecule has 0 bridgehead atoms. The lowest BCUT2D eigenvalue weighted by molar-refractivity contribution is 0.194. The summed E-state index contributed by atoms with van der Waals surface area (Å²) in [7, 11) is 0. The van der Waals surface area contributed by atoms with Crippen LogP contribution in [0.15, 0.2) is 18.2 Å². The van der Waals surface area contributed by atoms with E-state index in [-0.39, 0.29) is 0 Å². The van der Waals surface area contributed by atoms with Gasteiger partial charge >= 0.3 is 6.09 Å². The quantitative estimate of drug-likeness (QED) is 0.772. The third-order valence-corrected chi connectivity index (χ3v) is 2.26. The van der Waals surface area contributed by atoms with Crippen LogP contribution in [0, 0.1) is 13.8 Å². The van der Waals surface area contributed by atoms with E-state index in [4.69, 9.17) is 5.11 Å². The smallest absolute Gasteiger partial charge is 0.404 e. The Bertz CT molecular complexity index is 334.